The van der Waals surface area contributed by atoms with E-state index in [0.717, 1.165) is 45.0 Å². The van der Waals surface area contributed by atoms with Crippen molar-refractivity contribution in [3.05, 3.63) is 95.4 Å². The maximum Gasteiger partial charge on any atom is 0.275 e. The van der Waals surface area contributed by atoms with Crippen LogP contribution in [0.15, 0.2) is 78.6 Å². The molecule has 1 saturated heterocycles. The number of nitrogens with one attached hydrogen (secondary N) is 1. The minimum atomic E-state index is -0.228. The zero-order chi connectivity index (χ0) is 23.2. The van der Waals surface area contributed by atoms with Crippen LogP contribution in [0.4, 0.5) is 5.69 Å². The molecule has 0 unspecified atom stereocenters. The van der Waals surface area contributed by atoms with E-state index in [9.17, 15) is 4.79 Å². The molecule has 0 saturated carbocycles. The van der Waals surface area contributed by atoms with E-state index in [2.05, 4.69) is 72.5 Å². The van der Waals surface area contributed by atoms with Gasteiger partial charge in [0.25, 0.3) is 5.91 Å². The van der Waals surface area contributed by atoms with Crippen LogP contribution in [0.25, 0.3) is 10.7 Å². The molecule has 0 radical (unpaired) electrons. The lowest BCUT2D eigenvalue weighted by Gasteiger charge is -2.34. The molecule has 4 aromatic rings. The van der Waals surface area contributed by atoms with Gasteiger partial charge in [-0.2, -0.15) is 0 Å². The Bertz CT molecular complexity index is 1210. The maximum atomic E-state index is 12.6. The van der Waals surface area contributed by atoms with Crippen LogP contribution in [0, 0.1) is 0 Å². The van der Waals surface area contributed by atoms with Crippen LogP contribution in [0.3, 0.4) is 0 Å². The standard InChI is InChI=1S/C26H26N6OS/c33-25(24-19-34-26(30-24)23-16-27-10-11-28-23)29-22-8-6-21(7-9-22)18-32-14-12-31(13-15-32)17-20-4-2-1-3-5-20/h1-11,16,19H,12-15,17-18H2,(H,29,33). The molecule has 1 fully saturated rings. The molecule has 5 rings (SSSR count). The lowest BCUT2D eigenvalue weighted by molar-refractivity contribution is 0.102. The van der Waals surface area contributed by atoms with Crippen molar-refractivity contribution in [2.75, 3.05) is 31.5 Å². The molecule has 8 heteroatoms. The molecule has 1 aliphatic rings. The van der Waals surface area contributed by atoms with Gasteiger partial charge >= 0.3 is 0 Å². The van der Waals surface area contributed by atoms with Crippen LogP contribution >= 0.6 is 11.3 Å². The van der Waals surface area contributed by atoms with Gasteiger partial charge in [0.1, 0.15) is 16.4 Å². The molecule has 3 heterocycles. The Labute approximate surface area is 203 Å². The highest BCUT2D eigenvalue weighted by molar-refractivity contribution is 7.13. The summed E-state index contributed by atoms with van der Waals surface area (Å²) in [6, 6.07) is 18.7. The number of hydrogen-bond donors (Lipinski definition) is 1. The molecule has 0 aliphatic carbocycles. The third-order valence-electron chi connectivity index (χ3n) is 5.85. The van der Waals surface area contributed by atoms with Gasteiger partial charge in [-0.15, -0.1) is 11.3 Å². The van der Waals surface area contributed by atoms with Crippen LogP contribution < -0.4 is 5.32 Å². The number of carbonyl (C=O) groups excluding carboxylic acids is 1. The summed E-state index contributed by atoms with van der Waals surface area (Å²) in [5, 5.41) is 5.35. The molecule has 1 N–H and O–H groups in total. The third kappa shape index (κ3) is 5.72. The summed E-state index contributed by atoms with van der Waals surface area (Å²) in [5.74, 6) is -0.228. The quantitative estimate of drug-likeness (QED) is 0.437. The Morgan fingerprint density at radius 2 is 1.56 bits per heavy atom. The van der Waals surface area contributed by atoms with E-state index in [1.165, 1.54) is 22.5 Å². The van der Waals surface area contributed by atoms with Gasteiger partial charge < -0.3 is 5.32 Å². The van der Waals surface area contributed by atoms with E-state index in [0.29, 0.717) is 16.4 Å². The number of piperazine rings is 1. The van der Waals surface area contributed by atoms with E-state index in [4.69, 9.17) is 0 Å². The van der Waals surface area contributed by atoms with Crippen molar-refractivity contribution in [1.82, 2.24) is 24.8 Å². The molecular formula is C26H26N6OS. The van der Waals surface area contributed by atoms with E-state index < -0.39 is 0 Å². The van der Waals surface area contributed by atoms with Gasteiger partial charge in [-0.3, -0.25) is 24.6 Å². The fraction of sp³-hybridized carbons (Fsp3) is 0.231. The first-order valence-electron chi connectivity index (χ1n) is 11.3. The molecule has 0 bridgehead atoms. The van der Waals surface area contributed by atoms with Gasteiger partial charge in [0.2, 0.25) is 0 Å². The van der Waals surface area contributed by atoms with Gasteiger partial charge in [-0.1, -0.05) is 42.5 Å². The van der Waals surface area contributed by atoms with Crippen molar-refractivity contribution >= 4 is 22.9 Å². The van der Waals surface area contributed by atoms with E-state index in [1.807, 2.05) is 12.1 Å². The number of benzene rings is 2. The average molecular weight is 471 g/mol. The Morgan fingerprint density at radius 1 is 0.882 bits per heavy atom. The second-order valence-corrected chi connectivity index (χ2v) is 9.18. The first kappa shape index (κ1) is 22.3. The van der Waals surface area contributed by atoms with Gasteiger partial charge in [-0.25, -0.2) is 4.98 Å². The molecular weight excluding hydrogens is 444 g/mol. The molecule has 1 amide bonds. The molecule has 34 heavy (non-hydrogen) atoms. The van der Waals surface area contributed by atoms with Gasteiger partial charge in [0.05, 0.1) is 6.20 Å². The first-order valence-corrected chi connectivity index (χ1v) is 12.2. The Morgan fingerprint density at radius 3 is 2.21 bits per heavy atom. The van der Waals surface area contributed by atoms with Gasteiger partial charge in [0, 0.05) is 62.7 Å². The topological polar surface area (TPSA) is 74.2 Å². The molecule has 0 spiro atoms. The highest BCUT2D eigenvalue weighted by Gasteiger charge is 2.17. The number of nitrogens with zero attached hydrogens (tertiary/aromatic N) is 5. The SMILES string of the molecule is O=C(Nc1ccc(CN2CCN(Cc3ccccc3)CC2)cc1)c1csc(-c2cnccn2)n1. The van der Waals surface area contributed by atoms with E-state index >= 15 is 0 Å². The summed E-state index contributed by atoms with van der Waals surface area (Å²) in [5.41, 5.74) is 4.42. The minimum Gasteiger partial charge on any atom is -0.321 e. The van der Waals surface area contributed by atoms with Crippen molar-refractivity contribution in [2.45, 2.75) is 13.1 Å². The summed E-state index contributed by atoms with van der Waals surface area (Å²) >= 11 is 1.38. The number of thiazole rings is 1. The van der Waals surface area contributed by atoms with Crippen LogP contribution in [0.5, 0.6) is 0 Å². The van der Waals surface area contributed by atoms with Crippen molar-refractivity contribution in [3.63, 3.8) is 0 Å². The Hall–Kier alpha value is -3.46. The smallest absolute Gasteiger partial charge is 0.275 e. The zero-order valence-corrected chi connectivity index (χ0v) is 19.6. The number of aromatic nitrogens is 3. The van der Waals surface area contributed by atoms with Gasteiger partial charge in [-0.05, 0) is 23.3 Å². The number of rotatable bonds is 7. The van der Waals surface area contributed by atoms with Crippen LogP contribution in [0.1, 0.15) is 21.6 Å². The lowest BCUT2D eigenvalue weighted by Crippen LogP contribution is -2.45. The number of anilines is 1. The molecule has 0 atom stereocenters. The van der Waals surface area contributed by atoms with Gasteiger partial charge in [0.15, 0.2) is 0 Å². The van der Waals surface area contributed by atoms with Crippen LogP contribution in [-0.4, -0.2) is 56.8 Å². The highest BCUT2D eigenvalue weighted by Crippen LogP contribution is 2.22. The summed E-state index contributed by atoms with van der Waals surface area (Å²) in [4.78, 5) is 30.3. The number of carbonyl (C=O) groups is 1. The largest absolute Gasteiger partial charge is 0.321 e. The molecule has 172 valence electrons. The minimum absolute atomic E-state index is 0.228. The zero-order valence-electron chi connectivity index (χ0n) is 18.8. The summed E-state index contributed by atoms with van der Waals surface area (Å²) in [6.45, 7) is 6.20. The van der Waals surface area contributed by atoms with E-state index in [-0.39, 0.29) is 5.91 Å². The lowest BCUT2D eigenvalue weighted by atomic mass is 10.1. The van der Waals surface area contributed by atoms with Crippen molar-refractivity contribution in [1.29, 1.82) is 0 Å². The number of hydrogen-bond acceptors (Lipinski definition) is 7. The van der Waals surface area contributed by atoms with Crippen LogP contribution in [0.2, 0.25) is 0 Å². The predicted octanol–water partition coefficient (Wildman–Crippen LogP) is 4.17. The monoisotopic (exact) mass is 470 g/mol. The molecule has 7 nitrogen and oxygen atoms in total. The second kappa shape index (κ2) is 10.6. The first-order chi connectivity index (χ1) is 16.7. The van der Waals surface area contributed by atoms with E-state index in [1.54, 1.807) is 24.0 Å². The average Bonchev–Trinajstić information content (AvgIpc) is 3.38. The normalized spacial score (nSPS) is 14.7. The fourth-order valence-corrected chi connectivity index (χ4v) is 4.76. The number of amides is 1. The summed E-state index contributed by atoms with van der Waals surface area (Å²) < 4.78 is 0. The molecule has 2 aromatic heterocycles. The molecule has 2 aromatic carbocycles. The highest BCUT2D eigenvalue weighted by atomic mass is 32.1. The Balaban J connectivity index is 1.11. The fourth-order valence-electron chi connectivity index (χ4n) is 4.00. The summed E-state index contributed by atoms with van der Waals surface area (Å²) in [7, 11) is 0. The van der Waals surface area contributed by atoms with Crippen LogP contribution in [-0.2, 0) is 13.1 Å². The third-order valence-corrected chi connectivity index (χ3v) is 6.72. The van der Waals surface area contributed by atoms with Crippen molar-refractivity contribution in [2.24, 2.45) is 0 Å². The summed E-state index contributed by atoms with van der Waals surface area (Å²) in [6.07, 6.45) is 4.87. The second-order valence-electron chi connectivity index (χ2n) is 8.32. The van der Waals surface area contributed by atoms with Crippen molar-refractivity contribution < 1.29 is 4.79 Å². The predicted molar refractivity (Wildman–Crippen MR) is 135 cm³/mol. The maximum absolute atomic E-state index is 12.6. The van der Waals surface area contributed by atoms with Crippen molar-refractivity contribution in [3.8, 4) is 10.7 Å². The Kier molecular flexibility index (Phi) is 6.99. The molecule has 1 aliphatic heterocycles.